The fourth-order valence-corrected chi connectivity index (χ4v) is 4.71. The van der Waals surface area contributed by atoms with E-state index in [1.807, 2.05) is 0 Å². The van der Waals surface area contributed by atoms with Gasteiger partial charge in [-0.3, -0.25) is 0 Å². The maximum absolute atomic E-state index is 12.0. The smallest absolute Gasteiger partial charge is 0.250 e. The summed E-state index contributed by atoms with van der Waals surface area (Å²) in [7, 11) is -3.33. The third-order valence-corrected chi connectivity index (χ3v) is 6.48. The molecule has 0 aliphatic heterocycles. The zero-order valence-corrected chi connectivity index (χ0v) is 12.0. The van der Waals surface area contributed by atoms with Crippen molar-refractivity contribution in [1.29, 1.82) is 0 Å². The van der Waals surface area contributed by atoms with Crippen LogP contribution in [-0.4, -0.2) is 15.0 Å². The van der Waals surface area contributed by atoms with Gasteiger partial charge in [0.2, 0.25) is 10.0 Å². The number of thiophene rings is 1. The van der Waals surface area contributed by atoms with Crippen LogP contribution in [0.15, 0.2) is 16.3 Å². The predicted molar refractivity (Wildman–Crippen MR) is 74.0 cm³/mol. The standard InChI is InChI=1S/C12H20N2O2S2/c13-9-11-5-6-12(17-11)18(15,16)14-8-7-10-3-1-2-4-10/h5-6,10,14H,1-4,7-9,13H2. The van der Waals surface area contributed by atoms with Gasteiger partial charge in [-0.15, -0.1) is 11.3 Å². The van der Waals surface area contributed by atoms with Gasteiger partial charge in [0.15, 0.2) is 0 Å². The summed E-state index contributed by atoms with van der Waals surface area (Å²) in [5.41, 5.74) is 5.48. The summed E-state index contributed by atoms with van der Waals surface area (Å²) >= 11 is 1.25. The number of hydrogen-bond acceptors (Lipinski definition) is 4. The molecule has 1 aromatic heterocycles. The summed E-state index contributed by atoms with van der Waals surface area (Å²) in [6, 6.07) is 3.40. The van der Waals surface area contributed by atoms with Crippen molar-refractivity contribution in [3.8, 4) is 0 Å². The molecule has 0 radical (unpaired) electrons. The monoisotopic (exact) mass is 288 g/mol. The fraction of sp³-hybridized carbons (Fsp3) is 0.667. The number of nitrogens with two attached hydrogens (primary N) is 1. The number of nitrogens with one attached hydrogen (secondary N) is 1. The van der Waals surface area contributed by atoms with Crippen molar-refractivity contribution in [3.05, 3.63) is 17.0 Å². The molecule has 1 aliphatic rings. The van der Waals surface area contributed by atoms with E-state index in [1.165, 1.54) is 37.0 Å². The van der Waals surface area contributed by atoms with Crippen LogP contribution in [0.1, 0.15) is 37.0 Å². The highest BCUT2D eigenvalue weighted by Crippen LogP contribution is 2.27. The van der Waals surface area contributed by atoms with Crippen LogP contribution >= 0.6 is 11.3 Å². The molecule has 2 rings (SSSR count). The van der Waals surface area contributed by atoms with E-state index in [9.17, 15) is 8.42 Å². The van der Waals surface area contributed by atoms with Crippen molar-refractivity contribution in [2.45, 2.75) is 42.9 Å². The number of rotatable bonds is 6. The minimum Gasteiger partial charge on any atom is -0.326 e. The summed E-state index contributed by atoms with van der Waals surface area (Å²) in [5.74, 6) is 0.704. The third kappa shape index (κ3) is 3.54. The minimum atomic E-state index is -3.33. The average molecular weight is 288 g/mol. The SMILES string of the molecule is NCc1ccc(S(=O)(=O)NCCC2CCCC2)s1. The zero-order valence-electron chi connectivity index (χ0n) is 10.4. The summed E-state index contributed by atoms with van der Waals surface area (Å²) in [4.78, 5) is 0.895. The Morgan fingerprint density at radius 1 is 1.33 bits per heavy atom. The van der Waals surface area contributed by atoms with E-state index in [2.05, 4.69) is 4.72 Å². The van der Waals surface area contributed by atoms with Gasteiger partial charge in [0.05, 0.1) is 0 Å². The first-order valence-electron chi connectivity index (χ1n) is 6.40. The van der Waals surface area contributed by atoms with E-state index >= 15 is 0 Å². The highest BCUT2D eigenvalue weighted by molar-refractivity contribution is 7.91. The topological polar surface area (TPSA) is 72.2 Å². The summed E-state index contributed by atoms with van der Waals surface area (Å²) in [6.45, 7) is 0.936. The molecular formula is C12H20N2O2S2. The first kappa shape index (κ1) is 14.0. The van der Waals surface area contributed by atoms with Gasteiger partial charge in [-0.2, -0.15) is 0 Å². The van der Waals surface area contributed by atoms with Crippen molar-refractivity contribution in [1.82, 2.24) is 4.72 Å². The molecule has 1 fully saturated rings. The molecule has 0 saturated heterocycles. The Labute approximate surface area is 113 Å². The number of sulfonamides is 1. The summed E-state index contributed by atoms with van der Waals surface area (Å²) in [5, 5.41) is 0. The third-order valence-electron chi connectivity index (χ3n) is 3.42. The highest BCUT2D eigenvalue weighted by atomic mass is 32.2. The second-order valence-electron chi connectivity index (χ2n) is 4.76. The van der Waals surface area contributed by atoms with Crippen LogP contribution in [0, 0.1) is 5.92 Å². The van der Waals surface area contributed by atoms with Crippen LogP contribution in [-0.2, 0) is 16.6 Å². The number of hydrogen-bond donors (Lipinski definition) is 2. The molecule has 0 amide bonds. The van der Waals surface area contributed by atoms with Gasteiger partial charge in [0.25, 0.3) is 0 Å². The first-order chi connectivity index (χ1) is 8.62. The van der Waals surface area contributed by atoms with E-state index in [-0.39, 0.29) is 0 Å². The largest absolute Gasteiger partial charge is 0.326 e. The van der Waals surface area contributed by atoms with Crippen LogP contribution in [0.25, 0.3) is 0 Å². The molecule has 0 bridgehead atoms. The molecule has 0 aromatic carbocycles. The molecular weight excluding hydrogens is 268 g/mol. The van der Waals surface area contributed by atoms with Gasteiger partial charge in [0, 0.05) is 18.0 Å². The minimum absolute atomic E-state index is 0.370. The van der Waals surface area contributed by atoms with Crippen molar-refractivity contribution in [3.63, 3.8) is 0 Å². The van der Waals surface area contributed by atoms with E-state index in [4.69, 9.17) is 5.73 Å². The summed E-state index contributed by atoms with van der Waals surface area (Å²) in [6.07, 6.45) is 6.04. The Kier molecular flexibility index (Phi) is 4.77. The lowest BCUT2D eigenvalue weighted by Gasteiger charge is -2.09. The van der Waals surface area contributed by atoms with E-state index in [1.54, 1.807) is 12.1 Å². The van der Waals surface area contributed by atoms with Crippen molar-refractivity contribution >= 4 is 21.4 Å². The molecule has 1 aliphatic carbocycles. The maximum Gasteiger partial charge on any atom is 0.250 e. The van der Waals surface area contributed by atoms with Gasteiger partial charge in [-0.1, -0.05) is 25.7 Å². The molecule has 4 nitrogen and oxygen atoms in total. The van der Waals surface area contributed by atoms with Gasteiger partial charge < -0.3 is 5.73 Å². The molecule has 0 unspecified atom stereocenters. The first-order valence-corrected chi connectivity index (χ1v) is 8.70. The normalized spacial score (nSPS) is 17.4. The lowest BCUT2D eigenvalue weighted by Crippen LogP contribution is -2.25. The average Bonchev–Trinajstić information content (AvgIpc) is 2.99. The molecule has 18 heavy (non-hydrogen) atoms. The van der Waals surface area contributed by atoms with Crippen molar-refractivity contribution in [2.24, 2.45) is 11.7 Å². The van der Waals surface area contributed by atoms with Crippen molar-refractivity contribution < 1.29 is 8.42 Å². The van der Waals surface area contributed by atoms with Crippen LogP contribution in [0.5, 0.6) is 0 Å². The lowest BCUT2D eigenvalue weighted by atomic mass is 10.1. The molecule has 0 spiro atoms. The fourth-order valence-electron chi connectivity index (χ4n) is 2.38. The Hall–Kier alpha value is -0.430. The van der Waals surface area contributed by atoms with Gasteiger partial charge >= 0.3 is 0 Å². The lowest BCUT2D eigenvalue weighted by molar-refractivity contribution is 0.496. The predicted octanol–water partition coefficient (Wildman–Crippen LogP) is 2.07. The van der Waals surface area contributed by atoms with Gasteiger partial charge in [0.1, 0.15) is 4.21 Å². The van der Waals surface area contributed by atoms with Crippen LogP contribution in [0.3, 0.4) is 0 Å². The maximum atomic E-state index is 12.0. The molecule has 102 valence electrons. The zero-order chi connectivity index (χ0) is 13.0. The Morgan fingerprint density at radius 3 is 2.67 bits per heavy atom. The Balaban J connectivity index is 1.86. The van der Waals surface area contributed by atoms with E-state index in [0.717, 1.165) is 11.3 Å². The van der Waals surface area contributed by atoms with Gasteiger partial charge in [-0.25, -0.2) is 13.1 Å². The van der Waals surface area contributed by atoms with Crippen molar-refractivity contribution in [2.75, 3.05) is 6.54 Å². The molecule has 3 N–H and O–H groups in total. The second-order valence-corrected chi connectivity index (χ2v) is 7.92. The Morgan fingerprint density at radius 2 is 2.06 bits per heavy atom. The Bertz CT molecular complexity index is 476. The van der Waals surface area contributed by atoms with E-state index in [0.29, 0.717) is 23.2 Å². The van der Waals surface area contributed by atoms with E-state index < -0.39 is 10.0 Å². The van der Waals surface area contributed by atoms with Crippen LogP contribution < -0.4 is 10.5 Å². The molecule has 1 heterocycles. The molecule has 0 atom stereocenters. The second kappa shape index (κ2) is 6.14. The quantitative estimate of drug-likeness (QED) is 0.841. The van der Waals surface area contributed by atoms with Crippen LogP contribution in [0.4, 0.5) is 0 Å². The highest BCUT2D eigenvalue weighted by Gasteiger charge is 2.18. The molecule has 1 aromatic rings. The molecule has 6 heteroatoms. The van der Waals surface area contributed by atoms with Crippen LogP contribution in [0.2, 0.25) is 0 Å². The summed E-state index contributed by atoms with van der Waals surface area (Å²) < 4.78 is 27.0. The van der Waals surface area contributed by atoms with Gasteiger partial charge in [-0.05, 0) is 24.5 Å². The molecule has 1 saturated carbocycles.